The van der Waals surface area contributed by atoms with E-state index < -0.39 is 34.7 Å². The van der Waals surface area contributed by atoms with E-state index >= 15 is 0 Å². The van der Waals surface area contributed by atoms with Crippen molar-refractivity contribution in [1.82, 2.24) is 14.5 Å². The van der Waals surface area contributed by atoms with E-state index in [2.05, 4.69) is 0 Å². The summed E-state index contributed by atoms with van der Waals surface area (Å²) in [5, 5.41) is 1.73. The lowest BCUT2D eigenvalue weighted by atomic mass is 10.2. The number of ether oxygens (including phenoxy) is 1. The Labute approximate surface area is 172 Å². The van der Waals surface area contributed by atoms with Crippen molar-refractivity contribution in [1.29, 1.82) is 0 Å². The van der Waals surface area contributed by atoms with Crippen LogP contribution in [0.5, 0.6) is 0 Å². The first-order chi connectivity index (χ1) is 14.1. The zero-order valence-corrected chi connectivity index (χ0v) is 16.8. The number of carbonyl (C=O) groups excluding carboxylic acids is 2. The van der Waals surface area contributed by atoms with Gasteiger partial charge in [-0.05, 0) is 37.1 Å². The average Bonchev–Trinajstić information content (AvgIpc) is 3.22. The summed E-state index contributed by atoms with van der Waals surface area (Å²) in [7, 11) is -4.01. The maximum Gasteiger partial charge on any atom is 0.405 e. The van der Waals surface area contributed by atoms with E-state index in [9.17, 15) is 31.2 Å². The lowest BCUT2D eigenvalue weighted by Crippen LogP contribution is -2.50. The van der Waals surface area contributed by atoms with Crippen LogP contribution in [-0.2, 0) is 19.6 Å². The van der Waals surface area contributed by atoms with Crippen LogP contribution >= 0.6 is 0 Å². The monoisotopic (exact) mass is 449 g/mol. The quantitative estimate of drug-likeness (QED) is 0.724. The van der Waals surface area contributed by atoms with Gasteiger partial charge in [0.15, 0.2) is 0 Å². The maximum atomic E-state index is 13.1. The van der Waals surface area contributed by atoms with Gasteiger partial charge in [0.2, 0.25) is 15.9 Å². The minimum Gasteiger partial charge on any atom is -0.378 e. The highest BCUT2D eigenvalue weighted by Gasteiger charge is 2.41. The average molecular weight is 449 g/mol. The summed E-state index contributed by atoms with van der Waals surface area (Å²) in [6.45, 7) is 0.337. The highest BCUT2D eigenvalue weighted by Crippen LogP contribution is 2.28. The molecular formula is C18H22F3N3O5S. The zero-order valence-electron chi connectivity index (χ0n) is 16.0. The Morgan fingerprint density at radius 2 is 1.73 bits per heavy atom. The van der Waals surface area contributed by atoms with Crippen molar-refractivity contribution in [3.05, 3.63) is 29.8 Å². The number of nitrogens with one attached hydrogen (secondary N) is 1. The van der Waals surface area contributed by atoms with Crippen molar-refractivity contribution in [2.45, 2.75) is 30.0 Å². The minimum atomic E-state index is -4.54. The molecule has 30 heavy (non-hydrogen) atoms. The summed E-state index contributed by atoms with van der Waals surface area (Å²) in [4.78, 5) is 26.1. The molecule has 166 valence electrons. The van der Waals surface area contributed by atoms with Crippen LogP contribution in [0.25, 0.3) is 0 Å². The minimum absolute atomic E-state index is 0.0967. The van der Waals surface area contributed by atoms with Gasteiger partial charge < -0.3 is 15.0 Å². The third-order valence-electron chi connectivity index (χ3n) is 4.98. The van der Waals surface area contributed by atoms with Gasteiger partial charge in [-0.15, -0.1) is 0 Å². The Hall–Kier alpha value is -2.18. The zero-order chi connectivity index (χ0) is 21.9. The number of amides is 2. The van der Waals surface area contributed by atoms with Crippen LogP contribution in [0.3, 0.4) is 0 Å². The van der Waals surface area contributed by atoms with Gasteiger partial charge in [-0.1, -0.05) is 0 Å². The maximum absolute atomic E-state index is 13.1. The van der Waals surface area contributed by atoms with Gasteiger partial charge in [0.1, 0.15) is 12.6 Å². The van der Waals surface area contributed by atoms with Crippen LogP contribution in [0.15, 0.2) is 29.2 Å². The number of alkyl halides is 3. The second-order valence-electron chi connectivity index (χ2n) is 7.03. The van der Waals surface area contributed by atoms with Crippen LogP contribution in [-0.4, -0.2) is 81.0 Å². The molecule has 2 heterocycles. The van der Waals surface area contributed by atoms with Crippen LogP contribution in [0, 0.1) is 0 Å². The van der Waals surface area contributed by atoms with Gasteiger partial charge in [0.05, 0.1) is 18.1 Å². The number of carbonyl (C=O) groups is 2. The van der Waals surface area contributed by atoms with Crippen LogP contribution < -0.4 is 5.32 Å². The van der Waals surface area contributed by atoms with Crippen molar-refractivity contribution in [3.63, 3.8) is 0 Å². The van der Waals surface area contributed by atoms with Crippen molar-refractivity contribution >= 4 is 21.8 Å². The van der Waals surface area contributed by atoms with Gasteiger partial charge in [0, 0.05) is 25.2 Å². The highest BCUT2D eigenvalue weighted by molar-refractivity contribution is 7.89. The van der Waals surface area contributed by atoms with Gasteiger partial charge in [-0.2, -0.15) is 17.5 Å². The lowest BCUT2D eigenvalue weighted by Gasteiger charge is -2.32. The molecule has 12 heteroatoms. The van der Waals surface area contributed by atoms with Crippen molar-refractivity contribution in [3.8, 4) is 0 Å². The lowest BCUT2D eigenvalue weighted by molar-refractivity contribution is -0.138. The smallest absolute Gasteiger partial charge is 0.378 e. The molecule has 8 nitrogen and oxygen atoms in total. The number of halogens is 3. The number of sulfonamides is 1. The first-order valence-corrected chi connectivity index (χ1v) is 10.9. The third-order valence-corrected chi connectivity index (χ3v) is 6.91. The predicted octanol–water partition coefficient (Wildman–Crippen LogP) is 0.991. The molecule has 1 aromatic carbocycles. The first-order valence-electron chi connectivity index (χ1n) is 9.43. The molecule has 0 aliphatic carbocycles. The van der Waals surface area contributed by atoms with Gasteiger partial charge in [0.25, 0.3) is 5.91 Å². The Bertz CT molecular complexity index is 883. The fourth-order valence-electron chi connectivity index (χ4n) is 3.47. The fraction of sp³-hybridized carbons (Fsp3) is 0.556. The first kappa shape index (κ1) is 22.5. The molecule has 0 saturated carbocycles. The molecule has 2 aliphatic heterocycles. The van der Waals surface area contributed by atoms with E-state index in [1.807, 2.05) is 0 Å². The molecule has 2 saturated heterocycles. The number of nitrogens with zero attached hydrogens (tertiary/aromatic N) is 2. The van der Waals surface area contributed by atoms with E-state index in [1.54, 1.807) is 10.2 Å². The summed E-state index contributed by atoms with van der Waals surface area (Å²) >= 11 is 0. The second kappa shape index (κ2) is 8.90. The largest absolute Gasteiger partial charge is 0.405 e. The van der Waals surface area contributed by atoms with Crippen molar-refractivity contribution in [2.75, 3.05) is 39.4 Å². The predicted molar refractivity (Wildman–Crippen MR) is 99.1 cm³/mol. The molecule has 2 aliphatic rings. The van der Waals surface area contributed by atoms with E-state index in [-0.39, 0.29) is 22.9 Å². The summed E-state index contributed by atoms with van der Waals surface area (Å²) in [5.74, 6) is -1.22. The number of rotatable bonds is 5. The summed E-state index contributed by atoms with van der Waals surface area (Å²) in [5.41, 5.74) is -0.0967. The van der Waals surface area contributed by atoms with Crippen molar-refractivity contribution < 1.29 is 35.9 Å². The molecule has 2 amide bonds. The molecule has 0 spiro atoms. The standard InChI is InChI=1S/C18H22F3N3O5S/c19-18(20,21)12-22-16(25)13-3-5-14(6-4-13)30(27,28)24-7-1-2-15(24)17(26)23-8-10-29-11-9-23/h3-6,15H,1-2,7-12H2,(H,22,25). The second-order valence-corrected chi connectivity index (χ2v) is 8.92. The molecule has 3 rings (SSSR count). The fourth-order valence-corrected chi connectivity index (χ4v) is 5.12. The summed E-state index contributed by atoms with van der Waals surface area (Å²) in [6, 6.07) is 3.81. The molecule has 0 bridgehead atoms. The summed E-state index contributed by atoms with van der Waals surface area (Å²) in [6.07, 6.45) is -3.60. The molecule has 0 radical (unpaired) electrons. The Morgan fingerprint density at radius 3 is 2.33 bits per heavy atom. The van der Waals surface area contributed by atoms with Gasteiger partial charge in [-0.3, -0.25) is 9.59 Å². The van der Waals surface area contributed by atoms with Crippen LogP contribution in [0.1, 0.15) is 23.2 Å². The summed E-state index contributed by atoms with van der Waals surface area (Å²) < 4.78 is 69.2. The molecule has 1 atom stereocenters. The number of hydrogen-bond acceptors (Lipinski definition) is 5. The number of morpholine rings is 1. The molecule has 1 N–H and O–H groups in total. The third kappa shape index (κ3) is 5.10. The number of benzene rings is 1. The van der Waals surface area contributed by atoms with Crippen LogP contribution in [0.4, 0.5) is 13.2 Å². The topological polar surface area (TPSA) is 96.0 Å². The van der Waals surface area contributed by atoms with Gasteiger partial charge in [-0.25, -0.2) is 8.42 Å². The van der Waals surface area contributed by atoms with E-state index in [4.69, 9.17) is 4.74 Å². The molecule has 0 aromatic heterocycles. The van der Waals surface area contributed by atoms with Gasteiger partial charge >= 0.3 is 6.18 Å². The highest BCUT2D eigenvalue weighted by atomic mass is 32.2. The molecule has 2 fully saturated rings. The SMILES string of the molecule is O=C(NCC(F)(F)F)c1ccc(S(=O)(=O)N2CCCC2C(=O)N2CCOCC2)cc1. The number of hydrogen-bond donors (Lipinski definition) is 1. The Kier molecular flexibility index (Phi) is 6.68. The Balaban J connectivity index is 1.72. The van der Waals surface area contributed by atoms with Crippen molar-refractivity contribution in [2.24, 2.45) is 0 Å². The molecule has 1 aromatic rings. The normalized spacial score (nSPS) is 20.9. The van der Waals surface area contributed by atoms with E-state index in [0.29, 0.717) is 39.1 Å². The molecule has 1 unspecified atom stereocenters. The van der Waals surface area contributed by atoms with E-state index in [0.717, 1.165) is 28.6 Å². The van der Waals surface area contributed by atoms with E-state index in [1.165, 1.54) is 0 Å². The Morgan fingerprint density at radius 1 is 1.10 bits per heavy atom. The van der Waals surface area contributed by atoms with Crippen LogP contribution in [0.2, 0.25) is 0 Å². The molecular weight excluding hydrogens is 427 g/mol.